The number of hydrogen-bond acceptors (Lipinski definition) is 3. The highest BCUT2D eigenvalue weighted by Crippen LogP contribution is 2.41. The van der Waals surface area contributed by atoms with Crippen molar-refractivity contribution >= 4 is 0 Å². The molecule has 1 aromatic rings. The highest BCUT2D eigenvalue weighted by atomic mass is 15.2. The van der Waals surface area contributed by atoms with Crippen LogP contribution in [0.2, 0.25) is 0 Å². The average Bonchev–Trinajstić information content (AvgIpc) is 3.21. The van der Waals surface area contributed by atoms with E-state index in [1.54, 1.807) is 0 Å². The molecule has 0 unspecified atom stereocenters. The van der Waals surface area contributed by atoms with Gasteiger partial charge in [0.2, 0.25) is 0 Å². The molecule has 4 heteroatoms. The van der Waals surface area contributed by atoms with Crippen molar-refractivity contribution in [1.29, 1.82) is 0 Å². The molecule has 1 aliphatic carbocycles. The van der Waals surface area contributed by atoms with E-state index in [0.717, 1.165) is 24.3 Å². The van der Waals surface area contributed by atoms with Gasteiger partial charge in [0.05, 0.1) is 6.20 Å². The summed E-state index contributed by atoms with van der Waals surface area (Å²) in [6.45, 7) is 7.81. The Hall–Kier alpha value is -0.870. The Balaban J connectivity index is 1.37. The molecule has 2 aliphatic heterocycles. The first-order valence-electron chi connectivity index (χ1n) is 9.20. The number of nitrogens with zero attached hydrogens (tertiary/aromatic N) is 4. The normalized spacial score (nSPS) is 33.4. The van der Waals surface area contributed by atoms with Gasteiger partial charge in [-0.05, 0) is 56.5 Å². The Bertz CT molecular complexity index is 491. The molecule has 3 aliphatic rings. The van der Waals surface area contributed by atoms with Crippen LogP contribution in [0.25, 0.3) is 0 Å². The molecule has 4 rings (SSSR count). The molecule has 2 saturated heterocycles. The lowest BCUT2D eigenvalue weighted by atomic mass is 9.73. The lowest BCUT2D eigenvalue weighted by molar-refractivity contribution is 0.146. The zero-order chi connectivity index (χ0) is 14.9. The molecule has 0 N–H and O–H groups in total. The molecule has 1 aromatic heterocycles. The largest absolute Gasteiger partial charge is 0.303 e. The third-order valence-electron chi connectivity index (χ3n) is 6.18. The van der Waals surface area contributed by atoms with Gasteiger partial charge in [0.1, 0.15) is 0 Å². The third-order valence-corrected chi connectivity index (χ3v) is 6.18. The summed E-state index contributed by atoms with van der Waals surface area (Å²) in [6, 6.07) is 0. The Labute approximate surface area is 134 Å². The summed E-state index contributed by atoms with van der Waals surface area (Å²) in [6.07, 6.45) is 11.4. The van der Waals surface area contributed by atoms with E-state index in [-0.39, 0.29) is 0 Å². The molecule has 3 heterocycles. The average molecular weight is 302 g/mol. The number of fused-ring (bicyclic) bond motifs is 1. The monoisotopic (exact) mass is 302 g/mol. The van der Waals surface area contributed by atoms with E-state index in [0.29, 0.717) is 0 Å². The molecule has 0 aromatic carbocycles. The van der Waals surface area contributed by atoms with Crippen LogP contribution < -0.4 is 0 Å². The van der Waals surface area contributed by atoms with Crippen LogP contribution in [0.5, 0.6) is 0 Å². The van der Waals surface area contributed by atoms with Gasteiger partial charge in [-0.15, -0.1) is 0 Å². The summed E-state index contributed by atoms with van der Waals surface area (Å²) in [7, 11) is 2.01. The van der Waals surface area contributed by atoms with Gasteiger partial charge < -0.3 is 4.90 Å². The van der Waals surface area contributed by atoms with Crippen LogP contribution in [-0.4, -0.2) is 52.3 Å². The maximum atomic E-state index is 4.32. The van der Waals surface area contributed by atoms with Crippen LogP contribution in [0.15, 0.2) is 12.4 Å². The minimum absolute atomic E-state index is 0.950. The quantitative estimate of drug-likeness (QED) is 0.853. The fraction of sp³-hybridized carbons (Fsp3) is 0.833. The Kier molecular flexibility index (Phi) is 4.23. The standard InChI is InChI=1S/C18H30N4/c1-20-10-15(9-19-20)11-22-13-17-6-4-5-16(18(17)14-22)12-21-7-2-3-8-21/h9-10,16-18H,2-8,11-14H2,1H3/t16-,17+,18+/m0/s1. The second kappa shape index (κ2) is 6.32. The van der Waals surface area contributed by atoms with Crippen LogP contribution in [0, 0.1) is 17.8 Å². The van der Waals surface area contributed by atoms with E-state index in [1.807, 2.05) is 17.9 Å². The third kappa shape index (κ3) is 3.09. The van der Waals surface area contributed by atoms with Crippen LogP contribution >= 0.6 is 0 Å². The van der Waals surface area contributed by atoms with Crippen molar-refractivity contribution in [2.45, 2.75) is 38.6 Å². The van der Waals surface area contributed by atoms with Crippen molar-refractivity contribution in [3.63, 3.8) is 0 Å². The second-order valence-corrected chi connectivity index (χ2v) is 7.84. The van der Waals surface area contributed by atoms with E-state index in [9.17, 15) is 0 Å². The molecule has 4 nitrogen and oxygen atoms in total. The topological polar surface area (TPSA) is 24.3 Å². The van der Waals surface area contributed by atoms with Gasteiger partial charge >= 0.3 is 0 Å². The van der Waals surface area contributed by atoms with Gasteiger partial charge in [-0.3, -0.25) is 9.58 Å². The van der Waals surface area contributed by atoms with Gasteiger partial charge in [-0.1, -0.05) is 6.42 Å². The minimum atomic E-state index is 0.950. The molecule has 3 atom stereocenters. The molecule has 3 fully saturated rings. The number of rotatable bonds is 4. The van der Waals surface area contributed by atoms with E-state index < -0.39 is 0 Å². The molecule has 0 spiro atoms. The zero-order valence-corrected chi connectivity index (χ0v) is 14.0. The van der Waals surface area contributed by atoms with Gasteiger partial charge in [-0.2, -0.15) is 5.10 Å². The molecule has 0 amide bonds. The van der Waals surface area contributed by atoms with E-state index in [4.69, 9.17) is 0 Å². The van der Waals surface area contributed by atoms with Crippen LogP contribution in [0.1, 0.15) is 37.7 Å². The molecule has 22 heavy (non-hydrogen) atoms. The molecular weight excluding hydrogens is 272 g/mol. The number of likely N-dealkylation sites (tertiary alicyclic amines) is 2. The Morgan fingerprint density at radius 3 is 2.73 bits per heavy atom. The zero-order valence-electron chi connectivity index (χ0n) is 14.0. The molecule has 0 bridgehead atoms. The summed E-state index contributed by atoms with van der Waals surface area (Å²) in [5.41, 5.74) is 1.37. The van der Waals surface area contributed by atoms with Crippen LogP contribution in [0.4, 0.5) is 0 Å². The maximum absolute atomic E-state index is 4.32. The van der Waals surface area contributed by atoms with E-state index in [1.165, 1.54) is 70.4 Å². The van der Waals surface area contributed by atoms with Crippen molar-refractivity contribution in [2.24, 2.45) is 24.8 Å². The summed E-state index contributed by atoms with van der Waals surface area (Å²) < 4.78 is 1.93. The maximum Gasteiger partial charge on any atom is 0.0534 e. The fourth-order valence-electron chi connectivity index (χ4n) is 5.15. The minimum Gasteiger partial charge on any atom is -0.303 e. The fourth-order valence-corrected chi connectivity index (χ4v) is 5.15. The summed E-state index contributed by atoms with van der Waals surface area (Å²) in [5, 5.41) is 4.32. The van der Waals surface area contributed by atoms with Crippen molar-refractivity contribution in [3.8, 4) is 0 Å². The number of hydrogen-bond donors (Lipinski definition) is 0. The first-order valence-corrected chi connectivity index (χ1v) is 9.20. The lowest BCUT2D eigenvalue weighted by Crippen LogP contribution is -2.36. The van der Waals surface area contributed by atoms with Gasteiger partial charge in [0.15, 0.2) is 0 Å². The van der Waals surface area contributed by atoms with Crippen molar-refractivity contribution in [1.82, 2.24) is 19.6 Å². The lowest BCUT2D eigenvalue weighted by Gasteiger charge is -2.35. The van der Waals surface area contributed by atoms with Gasteiger partial charge in [0.25, 0.3) is 0 Å². The highest BCUT2D eigenvalue weighted by Gasteiger charge is 2.40. The van der Waals surface area contributed by atoms with Gasteiger partial charge in [-0.25, -0.2) is 0 Å². The van der Waals surface area contributed by atoms with Gasteiger partial charge in [0, 0.05) is 45.0 Å². The number of aryl methyl sites for hydroxylation is 1. The first kappa shape index (κ1) is 14.7. The molecule has 1 saturated carbocycles. The summed E-state index contributed by atoms with van der Waals surface area (Å²) in [4.78, 5) is 5.42. The predicted molar refractivity (Wildman–Crippen MR) is 88.5 cm³/mol. The van der Waals surface area contributed by atoms with E-state index >= 15 is 0 Å². The van der Waals surface area contributed by atoms with Crippen molar-refractivity contribution < 1.29 is 0 Å². The Morgan fingerprint density at radius 1 is 1.09 bits per heavy atom. The first-order chi connectivity index (χ1) is 10.8. The summed E-state index contributed by atoms with van der Waals surface area (Å²) >= 11 is 0. The smallest absolute Gasteiger partial charge is 0.0534 e. The predicted octanol–water partition coefficient (Wildman–Crippen LogP) is 2.36. The SMILES string of the molecule is Cn1cc(CN2C[C@H]3CCC[C@@H](CN4CCCC4)[C@H]3C2)cn1. The van der Waals surface area contributed by atoms with Crippen LogP contribution in [-0.2, 0) is 13.6 Å². The Morgan fingerprint density at radius 2 is 1.95 bits per heavy atom. The molecule has 122 valence electrons. The van der Waals surface area contributed by atoms with Crippen LogP contribution in [0.3, 0.4) is 0 Å². The summed E-state index contributed by atoms with van der Waals surface area (Å²) in [5.74, 6) is 2.86. The molecular formula is C18H30N4. The number of aromatic nitrogens is 2. The molecule has 0 radical (unpaired) electrons. The highest BCUT2D eigenvalue weighted by molar-refractivity contribution is 5.05. The van der Waals surface area contributed by atoms with E-state index in [2.05, 4.69) is 21.1 Å². The van der Waals surface area contributed by atoms with Crippen molar-refractivity contribution in [2.75, 3.05) is 32.7 Å². The second-order valence-electron chi connectivity index (χ2n) is 7.84. The van der Waals surface area contributed by atoms with Crippen molar-refractivity contribution in [3.05, 3.63) is 18.0 Å².